The molecular weight excluding hydrogens is 120 g/mol. The summed E-state index contributed by atoms with van der Waals surface area (Å²) >= 11 is 0. The third kappa shape index (κ3) is 2.86. The molecule has 0 aromatic heterocycles. The average molecular weight is 136 g/mol. The lowest BCUT2D eigenvalue weighted by atomic mass is 10.1. The van der Waals surface area contributed by atoms with Gasteiger partial charge in [0.15, 0.2) is 0 Å². The highest BCUT2D eigenvalue weighted by Crippen LogP contribution is 2.12. The summed E-state index contributed by atoms with van der Waals surface area (Å²) in [5.41, 5.74) is 1.53. The van der Waals surface area contributed by atoms with Crippen LogP contribution in [0.2, 0.25) is 0 Å². The Morgan fingerprint density at radius 2 is 2.10 bits per heavy atom. The van der Waals surface area contributed by atoms with Crippen LogP contribution >= 0.6 is 0 Å². The van der Waals surface area contributed by atoms with Crippen LogP contribution in [0, 0.1) is 0 Å². The fourth-order valence-electron chi connectivity index (χ4n) is 1.25. The van der Waals surface area contributed by atoms with Crippen molar-refractivity contribution >= 4 is 0 Å². The molecule has 0 unspecified atom stereocenters. The Morgan fingerprint density at radius 3 is 3.00 bits per heavy atom. The van der Waals surface area contributed by atoms with Crippen molar-refractivity contribution in [3.05, 3.63) is 23.8 Å². The topological polar surface area (TPSA) is 0 Å². The van der Waals surface area contributed by atoms with Crippen LogP contribution in [0.15, 0.2) is 23.8 Å². The van der Waals surface area contributed by atoms with Crippen LogP contribution in [0.4, 0.5) is 0 Å². The van der Waals surface area contributed by atoms with Crippen LogP contribution in [0.3, 0.4) is 0 Å². The molecule has 1 rings (SSSR count). The van der Waals surface area contributed by atoms with E-state index < -0.39 is 0 Å². The molecule has 0 radical (unpaired) electrons. The van der Waals surface area contributed by atoms with Gasteiger partial charge < -0.3 is 0 Å². The van der Waals surface area contributed by atoms with Crippen LogP contribution in [-0.2, 0) is 0 Å². The quantitative estimate of drug-likeness (QED) is 0.478. The third-order valence-corrected chi connectivity index (χ3v) is 1.96. The molecule has 10 heavy (non-hydrogen) atoms. The van der Waals surface area contributed by atoms with Gasteiger partial charge in [-0.3, -0.25) is 0 Å². The molecule has 56 valence electrons. The summed E-state index contributed by atoms with van der Waals surface area (Å²) in [6.07, 6.45) is 13.4. The summed E-state index contributed by atoms with van der Waals surface area (Å²) in [6.45, 7) is 2.22. The molecule has 0 saturated carbocycles. The maximum absolute atomic E-state index is 2.27. The largest absolute Gasteiger partial charge is 0.0845 e. The lowest BCUT2D eigenvalue weighted by Gasteiger charge is -1.96. The van der Waals surface area contributed by atoms with Crippen LogP contribution in [0.1, 0.15) is 39.0 Å². The molecule has 0 aliphatic heterocycles. The Kier molecular flexibility index (Phi) is 3.28. The van der Waals surface area contributed by atoms with Crippen LogP contribution < -0.4 is 0 Å². The zero-order chi connectivity index (χ0) is 7.23. The number of rotatable bonds is 0. The predicted molar refractivity (Wildman–Crippen MR) is 46.0 cm³/mol. The average Bonchev–Trinajstić information content (AvgIpc) is 2.02. The highest BCUT2D eigenvalue weighted by atomic mass is 14.0. The van der Waals surface area contributed by atoms with E-state index in [0.717, 1.165) is 0 Å². The highest BCUT2D eigenvalue weighted by molar-refractivity contribution is 5.10. The molecule has 1 aliphatic carbocycles. The van der Waals surface area contributed by atoms with Gasteiger partial charge in [-0.1, -0.05) is 30.2 Å². The number of hydrogen-bond donors (Lipinski definition) is 0. The normalized spacial score (nSPS) is 29.1. The van der Waals surface area contributed by atoms with E-state index in [1.165, 1.54) is 37.7 Å². The molecule has 0 spiro atoms. The molecule has 0 N–H and O–H groups in total. The maximum Gasteiger partial charge on any atom is -0.0320 e. The first-order valence-electron chi connectivity index (χ1n) is 4.22. The highest BCUT2D eigenvalue weighted by Gasteiger charge is 1.92. The third-order valence-electron chi connectivity index (χ3n) is 1.96. The van der Waals surface area contributed by atoms with Gasteiger partial charge in [-0.25, -0.2) is 0 Å². The molecule has 0 saturated heterocycles. The van der Waals surface area contributed by atoms with E-state index in [9.17, 15) is 0 Å². The van der Waals surface area contributed by atoms with E-state index >= 15 is 0 Å². The molecule has 0 aromatic rings. The van der Waals surface area contributed by atoms with Crippen molar-refractivity contribution in [1.29, 1.82) is 0 Å². The summed E-state index contributed by atoms with van der Waals surface area (Å²) < 4.78 is 0. The first-order valence-corrected chi connectivity index (χ1v) is 4.22. The zero-order valence-corrected chi connectivity index (χ0v) is 6.77. The molecule has 0 heterocycles. The maximum atomic E-state index is 2.27. The van der Waals surface area contributed by atoms with E-state index in [1.54, 1.807) is 0 Å². The van der Waals surface area contributed by atoms with Gasteiger partial charge in [-0.15, -0.1) is 0 Å². The number of allylic oxidation sites excluding steroid dienone is 4. The summed E-state index contributed by atoms with van der Waals surface area (Å²) in [5.74, 6) is 0. The molecule has 0 bridgehead atoms. The second-order valence-corrected chi connectivity index (χ2v) is 3.04. The summed E-state index contributed by atoms with van der Waals surface area (Å²) in [5, 5.41) is 0. The smallest absolute Gasteiger partial charge is 0.0320 e. The lowest BCUT2D eigenvalue weighted by Crippen LogP contribution is -1.77. The van der Waals surface area contributed by atoms with Gasteiger partial charge in [-0.05, 0) is 32.6 Å². The summed E-state index contributed by atoms with van der Waals surface area (Å²) in [7, 11) is 0. The predicted octanol–water partition coefficient (Wildman–Crippen LogP) is 3.45. The Morgan fingerprint density at radius 1 is 1.20 bits per heavy atom. The van der Waals surface area contributed by atoms with Gasteiger partial charge in [0.1, 0.15) is 0 Å². The standard InChI is InChI=1S/C10H16/c1-10-8-6-4-2-3-5-7-9-10/h4,6,8H,2-3,5,7,9H2,1H3/b6-4-,10-8-. The van der Waals surface area contributed by atoms with E-state index in [-0.39, 0.29) is 0 Å². The van der Waals surface area contributed by atoms with Gasteiger partial charge in [0.2, 0.25) is 0 Å². The molecular formula is C10H16. The van der Waals surface area contributed by atoms with Crippen molar-refractivity contribution in [2.45, 2.75) is 39.0 Å². The van der Waals surface area contributed by atoms with E-state index in [4.69, 9.17) is 0 Å². The second kappa shape index (κ2) is 4.32. The van der Waals surface area contributed by atoms with E-state index in [0.29, 0.717) is 0 Å². The first-order chi connectivity index (χ1) is 4.89. The first kappa shape index (κ1) is 7.59. The minimum absolute atomic E-state index is 1.27. The summed E-state index contributed by atoms with van der Waals surface area (Å²) in [4.78, 5) is 0. The molecule has 0 fully saturated rings. The zero-order valence-electron chi connectivity index (χ0n) is 6.77. The van der Waals surface area contributed by atoms with Gasteiger partial charge in [-0.2, -0.15) is 0 Å². The molecule has 0 aromatic carbocycles. The minimum atomic E-state index is 1.27. The van der Waals surface area contributed by atoms with Crippen molar-refractivity contribution < 1.29 is 0 Å². The number of hydrogen-bond acceptors (Lipinski definition) is 0. The van der Waals surface area contributed by atoms with Crippen molar-refractivity contribution in [2.75, 3.05) is 0 Å². The van der Waals surface area contributed by atoms with E-state index in [2.05, 4.69) is 25.2 Å². The van der Waals surface area contributed by atoms with Gasteiger partial charge in [0.05, 0.1) is 0 Å². The van der Waals surface area contributed by atoms with Crippen LogP contribution in [-0.4, -0.2) is 0 Å². The molecule has 0 nitrogen and oxygen atoms in total. The Labute approximate surface area is 63.6 Å². The van der Waals surface area contributed by atoms with Gasteiger partial charge in [0, 0.05) is 0 Å². The summed E-state index contributed by atoms with van der Waals surface area (Å²) in [6, 6.07) is 0. The Balaban J connectivity index is 2.43. The molecule has 0 amide bonds. The second-order valence-electron chi connectivity index (χ2n) is 3.04. The fourth-order valence-corrected chi connectivity index (χ4v) is 1.25. The van der Waals surface area contributed by atoms with Crippen molar-refractivity contribution in [1.82, 2.24) is 0 Å². The minimum Gasteiger partial charge on any atom is -0.0845 e. The van der Waals surface area contributed by atoms with Gasteiger partial charge in [0.25, 0.3) is 0 Å². The monoisotopic (exact) mass is 136 g/mol. The van der Waals surface area contributed by atoms with Crippen LogP contribution in [0.25, 0.3) is 0 Å². The van der Waals surface area contributed by atoms with Crippen molar-refractivity contribution in [3.63, 3.8) is 0 Å². The molecule has 1 aliphatic rings. The SMILES string of the molecule is C/C1=C/C=C\CCCCC1. The Hall–Kier alpha value is -0.520. The fraction of sp³-hybridized carbons (Fsp3) is 0.600. The van der Waals surface area contributed by atoms with Crippen molar-refractivity contribution in [2.24, 2.45) is 0 Å². The van der Waals surface area contributed by atoms with Gasteiger partial charge >= 0.3 is 0 Å². The van der Waals surface area contributed by atoms with E-state index in [1.807, 2.05) is 0 Å². The molecule has 0 heteroatoms. The Bertz CT molecular complexity index is 140. The molecule has 0 atom stereocenters. The van der Waals surface area contributed by atoms with Crippen LogP contribution in [0.5, 0.6) is 0 Å². The lowest BCUT2D eigenvalue weighted by molar-refractivity contribution is 0.687. The van der Waals surface area contributed by atoms with Crippen molar-refractivity contribution in [3.8, 4) is 0 Å².